The van der Waals surface area contributed by atoms with E-state index in [4.69, 9.17) is 5.73 Å². The fraction of sp³-hybridized carbons (Fsp3) is 0.500. The Bertz CT molecular complexity index is 406. The van der Waals surface area contributed by atoms with Crippen LogP contribution in [-0.4, -0.2) is 29.9 Å². The van der Waals surface area contributed by atoms with Crippen molar-refractivity contribution in [2.75, 3.05) is 18.4 Å². The Kier molecular flexibility index (Phi) is 3.99. The van der Waals surface area contributed by atoms with E-state index in [1.165, 1.54) is 12.5 Å². The highest BCUT2D eigenvalue weighted by Gasteiger charge is 2.26. The number of nitrogens with two attached hydrogens (primary N) is 1. The van der Waals surface area contributed by atoms with Crippen LogP contribution < -0.4 is 11.1 Å². The Morgan fingerprint density at radius 1 is 1.39 bits per heavy atom. The zero-order chi connectivity index (χ0) is 13.1. The normalized spacial score (nSPS) is 24.2. The largest absolute Gasteiger partial charge is 0.326 e. The number of hydrogen-bond acceptors (Lipinski definition) is 3. The van der Waals surface area contributed by atoms with Gasteiger partial charge in [-0.1, -0.05) is 19.1 Å². The summed E-state index contributed by atoms with van der Waals surface area (Å²) in [6, 6.07) is 8.29. The molecular weight excluding hydrogens is 226 g/mol. The van der Waals surface area contributed by atoms with Gasteiger partial charge in [0.1, 0.15) is 0 Å². The maximum atomic E-state index is 10.9. The van der Waals surface area contributed by atoms with Crippen LogP contribution in [0.2, 0.25) is 0 Å². The van der Waals surface area contributed by atoms with Crippen molar-refractivity contribution < 1.29 is 4.79 Å². The second kappa shape index (κ2) is 5.50. The molecule has 1 aromatic rings. The third-order valence-electron chi connectivity index (χ3n) is 3.43. The van der Waals surface area contributed by atoms with Crippen LogP contribution in [0.4, 0.5) is 5.69 Å². The molecule has 1 heterocycles. The van der Waals surface area contributed by atoms with Crippen LogP contribution in [0.1, 0.15) is 19.4 Å². The minimum Gasteiger partial charge on any atom is -0.326 e. The predicted octanol–water partition coefficient (Wildman–Crippen LogP) is 1.42. The molecule has 0 saturated carbocycles. The molecule has 1 fully saturated rings. The molecule has 0 bridgehead atoms. The molecule has 1 saturated heterocycles. The van der Waals surface area contributed by atoms with E-state index in [-0.39, 0.29) is 5.91 Å². The Morgan fingerprint density at radius 2 is 2.06 bits per heavy atom. The van der Waals surface area contributed by atoms with Gasteiger partial charge in [-0.3, -0.25) is 9.69 Å². The molecule has 18 heavy (non-hydrogen) atoms. The van der Waals surface area contributed by atoms with Crippen LogP contribution in [0.25, 0.3) is 0 Å². The van der Waals surface area contributed by atoms with E-state index in [2.05, 4.69) is 29.3 Å². The highest BCUT2D eigenvalue weighted by atomic mass is 16.1. The van der Waals surface area contributed by atoms with Crippen LogP contribution in [0.5, 0.6) is 0 Å². The monoisotopic (exact) mass is 247 g/mol. The number of benzene rings is 1. The first-order chi connectivity index (χ1) is 8.54. The Hall–Kier alpha value is -1.39. The molecule has 1 aliphatic heterocycles. The summed E-state index contributed by atoms with van der Waals surface area (Å²) in [5, 5.41) is 2.77. The van der Waals surface area contributed by atoms with Gasteiger partial charge in [-0.05, 0) is 23.6 Å². The van der Waals surface area contributed by atoms with Gasteiger partial charge in [0.2, 0.25) is 5.91 Å². The van der Waals surface area contributed by atoms with Gasteiger partial charge >= 0.3 is 0 Å². The Balaban J connectivity index is 1.92. The molecule has 0 aliphatic carbocycles. The lowest BCUT2D eigenvalue weighted by molar-refractivity contribution is -0.114. The molecule has 1 amide bonds. The average molecular weight is 247 g/mol. The van der Waals surface area contributed by atoms with Crippen LogP contribution in [0.15, 0.2) is 24.3 Å². The van der Waals surface area contributed by atoms with E-state index in [9.17, 15) is 4.79 Å². The molecule has 1 aliphatic rings. The molecule has 2 atom stereocenters. The van der Waals surface area contributed by atoms with Crippen molar-refractivity contribution >= 4 is 11.6 Å². The lowest BCUT2D eigenvalue weighted by Crippen LogP contribution is -2.28. The summed E-state index contributed by atoms with van der Waals surface area (Å²) in [4.78, 5) is 13.3. The highest BCUT2D eigenvalue weighted by molar-refractivity contribution is 5.88. The molecular formula is C14H21N3O. The molecule has 1 aromatic carbocycles. The number of nitrogens with one attached hydrogen (secondary N) is 1. The van der Waals surface area contributed by atoms with Gasteiger partial charge in [-0.2, -0.15) is 0 Å². The number of likely N-dealkylation sites (tertiary alicyclic amines) is 1. The lowest BCUT2D eigenvalue weighted by Gasteiger charge is -2.15. The summed E-state index contributed by atoms with van der Waals surface area (Å²) in [5.41, 5.74) is 8.11. The number of nitrogens with zero attached hydrogens (tertiary/aromatic N) is 1. The Morgan fingerprint density at radius 3 is 2.56 bits per heavy atom. The van der Waals surface area contributed by atoms with Gasteiger partial charge in [0, 0.05) is 38.3 Å². The van der Waals surface area contributed by atoms with E-state index in [0.29, 0.717) is 12.0 Å². The van der Waals surface area contributed by atoms with Crippen LogP contribution in [-0.2, 0) is 11.3 Å². The van der Waals surface area contributed by atoms with E-state index in [1.54, 1.807) is 0 Å². The van der Waals surface area contributed by atoms with Crippen molar-refractivity contribution in [2.24, 2.45) is 11.7 Å². The lowest BCUT2D eigenvalue weighted by atomic mass is 10.1. The summed E-state index contributed by atoms with van der Waals surface area (Å²) in [6.07, 6.45) is 0. The number of anilines is 1. The number of amides is 1. The van der Waals surface area contributed by atoms with E-state index >= 15 is 0 Å². The van der Waals surface area contributed by atoms with Crippen molar-refractivity contribution in [2.45, 2.75) is 26.4 Å². The third-order valence-corrected chi connectivity index (χ3v) is 3.43. The number of hydrogen-bond donors (Lipinski definition) is 2. The molecule has 0 aromatic heterocycles. The molecule has 0 spiro atoms. The van der Waals surface area contributed by atoms with Crippen molar-refractivity contribution in [3.05, 3.63) is 29.8 Å². The minimum atomic E-state index is -0.0397. The van der Waals surface area contributed by atoms with Gasteiger partial charge in [0.25, 0.3) is 0 Å². The summed E-state index contributed by atoms with van der Waals surface area (Å²) < 4.78 is 0. The summed E-state index contributed by atoms with van der Waals surface area (Å²) >= 11 is 0. The number of carbonyl (C=O) groups excluding carboxylic acids is 1. The van der Waals surface area contributed by atoms with Crippen LogP contribution in [0.3, 0.4) is 0 Å². The summed E-state index contributed by atoms with van der Waals surface area (Å²) in [7, 11) is 0. The zero-order valence-electron chi connectivity index (χ0n) is 11.0. The van der Waals surface area contributed by atoms with E-state index in [0.717, 1.165) is 25.3 Å². The SMILES string of the molecule is CC(=O)Nc1ccc(CN2CC(C)C(N)C2)cc1. The average Bonchev–Trinajstić information content (AvgIpc) is 2.60. The molecule has 2 rings (SSSR count). The molecule has 4 heteroatoms. The second-order valence-electron chi connectivity index (χ2n) is 5.21. The number of carbonyl (C=O) groups is 1. The van der Waals surface area contributed by atoms with Crippen molar-refractivity contribution in [3.8, 4) is 0 Å². The van der Waals surface area contributed by atoms with Crippen LogP contribution in [0, 0.1) is 5.92 Å². The molecule has 2 unspecified atom stereocenters. The Labute approximate surface area is 108 Å². The molecule has 0 radical (unpaired) electrons. The van der Waals surface area contributed by atoms with Gasteiger partial charge < -0.3 is 11.1 Å². The summed E-state index contributed by atoms with van der Waals surface area (Å²) in [5.74, 6) is 0.533. The fourth-order valence-electron chi connectivity index (χ4n) is 2.38. The van der Waals surface area contributed by atoms with Crippen molar-refractivity contribution in [3.63, 3.8) is 0 Å². The van der Waals surface area contributed by atoms with Crippen molar-refractivity contribution in [1.29, 1.82) is 0 Å². The second-order valence-corrected chi connectivity index (χ2v) is 5.21. The zero-order valence-corrected chi connectivity index (χ0v) is 11.0. The minimum absolute atomic E-state index is 0.0397. The van der Waals surface area contributed by atoms with Gasteiger partial charge in [0.15, 0.2) is 0 Å². The standard InChI is InChI=1S/C14H21N3O/c1-10-7-17(9-14(10)15)8-12-3-5-13(6-4-12)16-11(2)18/h3-6,10,14H,7-9,15H2,1-2H3,(H,16,18). The van der Waals surface area contributed by atoms with Gasteiger partial charge in [-0.15, -0.1) is 0 Å². The maximum absolute atomic E-state index is 10.9. The maximum Gasteiger partial charge on any atom is 0.221 e. The van der Waals surface area contributed by atoms with E-state index in [1.807, 2.05) is 12.1 Å². The topological polar surface area (TPSA) is 58.4 Å². The first-order valence-electron chi connectivity index (χ1n) is 6.39. The first-order valence-corrected chi connectivity index (χ1v) is 6.39. The first kappa shape index (κ1) is 13.1. The highest BCUT2D eigenvalue weighted by Crippen LogP contribution is 2.18. The van der Waals surface area contributed by atoms with E-state index < -0.39 is 0 Å². The van der Waals surface area contributed by atoms with Gasteiger partial charge in [-0.25, -0.2) is 0 Å². The molecule has 3 N–H and O–H groups in total. The molecule has 4 nitrogen and oxygen atoms in total. The van der Waals surface area contributed by atoms with Crippen LogP contribution >= 0.6 is 0 Å². The van der Waals surface area contributed by atoms with Crippen molar-refractivity contribution in [1.82, 2.24) is 4.90 Å². The predicted molar refractivity (Wildman–Crippen MR) is 73.2 cm³/mol. The third kappa shape index (κ3) is 3.31. The quantitative estimate of drug-likeness (QED) is 0.849. The summed E-state index contributed by atoms with van der Waals surface area (Å²) in [6.45, 7) is 6.67. The smallest absolute Gasteiger partial charge is 0.221 e. The molecule has 98 valence electrons. The van der Waals surface area contributed by atoms with Gasteiger partial charge in [0.05, 0.1) is 0 Å². The number of rotatable bonds is 3. The fourth-order valence-corrected chi connectivity index (χ4v) is 2.38.